The molecule has 1 aromatic rings. The summed E-state index contributed by atoms with van der Waals surface area (Å²) in [6.07, 6.45) is 0. The minimum absolute atomic E-state index is 0.553. The van der Waals surface area contributed by atoms with Crippen LogP contribution in [0.4, 0.5) is 5.69 Å². The molecule has 2 N–H and O–H groups in total. The predicted octanol–water partition coefficient (Wildman–Crippen LogP) is 2.27. The van der Waals surface area contributed by atoms with Crippen molar-refractivity contribution in [3.05, 3.63) is 36.4 Å². The van der Waals surface area contributed by atoms with E-state index in [2.05, 4.69) is 16.5 Å². The van der Waals surface area contributed by atoms with Crippen molar-refractivity contribution in [1.29, 1.82) is 0 Å². The van der Waals surface area contributed by atoms with Crippen LogP contribution in [0.15, 0.2) is 35.8 Å². The SMILES string of the molecule is C=C(N)c1ccccc1N=C(C)CN(C)C. The number of hydrogen-bond donors (Lipinski definition) is 1. The highest BCUT2D eigenvalue weighted by molar-refractivity contribution is 5.88. The van der Waals surface area contributed by atoms with E-state index in [0.717, 1.165) is 23.5 Å². The molecule has 0 saturated heterocycles. The third-order valence-corrected chi connectivity index (χ3v) is 2.11. The van der Waals surface area contributed by atoms with Crippen LogP contribution in [0.3, 0.4) is 0 Å². The molecule has 0 amide bonds. The Bertz CT molecular complexity index is 405. The monoisotopic (exact) mass is 217 g/mol. The van der Waals surface area contributed by atoms with Crippen LogP contribution in [-0.4, -0.2) is 31.3 Å². The van der Waals surface area contributed by atoms with Crippen LogP contribution in [0.1, 0.15) is 12.5 Å². The number of nitrogens with two attached hydrogens (primary N) is 1. The van der Waals surface area contributed by atoms with Gasteiger partial charge in [-0.3, -0.25) is 4.99 Å². The third-order valence-electron chi connectivity index (χ3n) is 2.11. The maximum atomic E-state index is 5.72. The lowest BCUT2D eigenvalue weighted by molar-refractivity contribution is 0.469. The molecule has 0 aliphatic rings. The molecule has 0 aromatic heterocycles. The van der Waals surface area contributed by atoms with Crippen molar-refractivity contribution < 1.29 is 0 Å². The minimum Gasteiger partial charge on any atom is -0.399 e. The van der Waals surface area contributed by atoms with Crippen LogP contribution in [0.25, 0.3) is 5.70 Å². The highest BCUT2D eigenvalue weighted by Gasteiger charge is 2.02. The van der Waals surface area contributed by atoms with E-state index >= 15 is 0 Å². The number of nitrogens with zero attached hydrogens (tertiary/aromatic N) is 2. The zero-order chi connectivity index (χ0) is 12.1. The van der Waals surface area contributed by atoms with Gasteiger partial charge in [0.1, 0.15) is 0 Å². The lowest BCUT2D eigenvalue weighted by Gasteiger charge is -2.10. The summed E-state index contributed by atoms with van der Waals surface area (Å²) in [5.74, 6) is 0. The molecule has 0 fully saturated rings. The van der Waals surface area contributed by atoms with Gasteiger partial charge in [0, 0.05) is 23.5 Å². The Kier molecular flexibility index (Phi) is 4.26. The molecule has 0 radical (unpaired) electrons. The van der Waals surface area contributed by atoms with Gasteiger partial charge in [-0.1, -0.05) is 24.8 Å². The molecule has 0 atom stereocenters. The molecule has 0 aliphatic heterocycles. The van der Waals surface area contributed by atoms with Gasteiger partial charge in [-0.15, -0.1) is 0 Å². The van der Waals surface area contributed by atoms with Gasteiger partial charge in [0.2, 0.25) is 0 Å². The van der Waals surface area contributed by atoms with Crippen molar-refractivity contribution in [3.8, 4) is 0 Å². The topological polar surface area (TPSA) is 41.6 Å². The van der Waals surface area contributed by atoms with E-state index in [0.29, 0.717) is 5.70 Å². The number of para-hydroxylation sites is 1. The minimum atomic E-state index is 0.553. The van der Waals surface area contributed by atoms with Gasteiger partial charge in [-0.25, -0.2) is 0 Å². The van der Waals surface area contributed by atoms with Crippen LogP contribution < -0.4 is 5.73 Å². The van der Waals surface area contributed by atoms with E-state index in [1.54, 1.807) is 0 Å². The number of rotatable bonds is 4. The second-order valence-electron chi connectivity index (χ2n) is 4.13. The largest absolute Gasteiger partial charge is 0.399 e. The van der Waals surface area contributed by atoms with Crippen molar-refractivity contribution in [2.24, 2.45) is 10.7 Å². The van der Waals surface area contributed by atoms with Crippen LogP contribution in [0, 0.1) is 0 Å². The van der Waals surface area contributed by atoms with Gasteiger partial charge in [-0.2, -0.15) is 0 Å². The summed E-state index contributed by atoms with van der Waals surface area (Å²) < 4.78 is 0. The van der Waals surface area contributed by atoms with Crippen molar-refractivity contribution in [2.75, 3.05) is 20.6 Å². The molecule has 1 rings (SSSR count). The molecular weight excluding hydrogens is 198 g/mol. The number of benzene rings is 1. The van der Waals surface area contributed by atoms with E-state index in [-0.39, 0.29) is 0 Å². The maximum Gasteiger partial charge on any atom is 0.0722 e. The fourth-order valence-electron chi connectivity index (χ4n) is 1.54. The molecule has 0 spiro atoms. The Hall–Kier alpha value is -1.61. The van der Waals surface area contributed by atoms with Gasteiger partial charge in [0.15, 0.2) is 0 Å². The van der Waals surface area contributed by atoms with Crippen LogP contribution in [-0.2, 0) is 0 Å². The van der Waals surface area contributed by atoms with E-state index in [4.69, 9.17) is 5.73 Å². The predicted molar refractivity (Wildman–Crippen MR) is 71.0 cm³/mol. The summed E-state index contributed by atoms with van der Waals surface area (Å²) in [5, 5.41) is 0. The lowest BCUT2D eigenvalue weighted by Crippen LogP contribution is -2.19. The highest BCUT2D eigenvalue weighted by Crippen LogP contribution is 2.22. The molecular formula is C13H19N3. The summed E-state index contributed by atoms with van der Waals surface area (Å²) in [6, 6.07) is 7.78. The first kappa shape index (κ1) is 12.5. The fraction of sp³-hybridized carbons (Fsp3) is 0.308. The molecule has 0 unspecified atom stereocenters. The Balaban J connectivity index is 3.00. The standard InChI is InChI=1S/C13H19N3/c1-10(9-16(3)4)15-13-8-6-5-7-12(13)11(2)14/h5-8H,2,9,14H2,1,3-4H3. The van der Waals surface area contributed by atoms with Crippen LogP contribution in [0.5, 0.6) is 0 Å². The Morgan fingerprint density at radius 3 is 2.56 bits per heavy atom. The summed E-state index contributed by atoms with van der Waals surface area (Å²) >= 11 is 0. The number of hydrogen-bond acceptors (Lipinski definition) is 3. The first-order valence-electron chi connectivity index (χ1n) is 5.23. The summed E-state index contributed by atoms with van der Waals surface area (Å²) in [6.45, 7) is 6.60. The van der Waals surface area contributed by atoms with Gasteiger partial charge in [0.05, 0.1) is 5.69 Å². The zero-order valence-corrected chi connectivity index (χ0v) is 10.2. The zero-order valence-electron chi connectivity index (χ0n) is 10.2. The summed E-state index contributed by atoms with van der Waals surface area (Å²) in [5.41, 5.74) is 9.11. The Morgan fingerprint density at radius 1 is 1.38 bits per heavy atom. The number of aliphatic imine (C=N–C) groups is 1. The quantitative estimate of drug-likeness (QED) is 0.786. The van der Waals surface area contributed by atoms with E-state index in [1.807, 2.05) is 45.3 Å². The lowest BCUT2D eigenvalue weighted by atomic mass is 10.1. The summed E-state index contributed by atoms with van der Waals surface area (Å²) in [4.78, 5) is 6.64. The molecule has 0 aliphatic carbocycles. The van der Waals surface area contributed by atoms with Crippen molar-refractivity contribution in [3.63, 3.8) is 0 Å². The maximum absolute atomic E-state index is 5.72. The van der Waals surface area contributed by atoms with Gasteiger partial charge in [-0.05, 0) is 27.1 Å². The van der Waals surface area contributed by atoms with Gasteiger partial charge >= 0.3 is 0 Å². The van der Waals surface area contributed by atoms with Crippen LogP contribution >= 0.6 is 0 Å². The smallest absolute Gasteiger partial charge is 0.0722 e. The van der Waals surface area contributed by atoms with E-state index in [9.17, 15) is 0 Å². The van der Waals surface area contributed by atoms with Gasteiger partial charge in [0.25, 0.3) is 0 Å². The molecule has 16 heavy (non-hydrogen) atoms. The molecule has 3 heteroatoms. The molecule has 0 heterocycles. The summed E-state index contributed by atoms with van der Waals surface area (Å²) in [7, 11) is 4.04. The molecule has 0 saturated carbocycles. The molecule has 1 aromatic carbocycles. The van der Waals surface area contributed by atoms with E-state index in [1.165, 1.54) is 0 Å². The van der Waals surface area contributed by atoms with Gasteiger partial charge < -0.3 is 10.6 Å². The average molecular weight is 217 g/mol. The first-order valence-corrected chi connectivity index (χ1v) is 5.23. The van der Waals surface area contributed by atoms with Crippen molar-refractivity contribution in [2.45, 2.75) is 6.92 Å². The fourth-order valence-corrected chi connectivity index (χ4v) is 1.54. The Morgan fingerprint density at radius 2 is 2.00 bits per heavy atom. The average Bonchev–Trinajstić information content (AvgIpc) is 2.16. The molecule has 3 nitrogen and oxygen atoms in total. The third kappa shape index (κ3) is 3.51. The van der Waals surface area contributed by atoms with E-state index < -0.39 is 0 Å². The Labute approximate surface area is 97.3 Å². The molecule has 0 bridgehead atoms. The second kappa shape index (κ2) is 5.47. The highest BCUT2D eigenvalue weighted by atomic mass is 15.1. The first-order chi connectivity index (χ1) is 7.50. The molecule has 86 valence electrons. The van der Waals surface area contributed by atoms with Crippen molar-refractivity contribution in [1.82, 2.24) is 4.90 Å². The normalized spacial score (nSPS) is 11.9. The van der Waals surface area contributed by atoms with Crippen molar-refractivity contribution >= 4 is 17.1 Å². The van der Waals surface area contributed by atoms with Crippen LogP contribution in [0.2, 0.25) is 0 Å². The second-order valence-corrected chi connectivity index (χ2v) is 4.13.